The van der Waals surface area contributed by atoms with Crippen molar-refractivity contribution >= 4 is 0 Å². The standard InChI is InChI=1S/C14H22N2O/c1-10-4-3-5-12(8-10)14(11(2)15)16-7-6-13(17)9-16/h3-5,8,11,13-14,17H,6-7,9,15H2,1-2H3. The summed E-state index contributed by atoms with van der Waals surface area (Å²) in [6.07, 6.45) is 0.663. The van der Waals surface area contributed by atoms with Crippen molar-refractivity contribution in [1.82, 2.24) is 4.90 Å². The zero-order chi connectivity index (χ0) is 12.4. The van der Waals surface area contributed by atoms with E-state index >= 15 is 0 Å². The smallest absolute Gasteiger partial charge is 0.0679 e. The normalized spacial score (nSPS) is 24.8. The highest BCUT2D eigenvalue weighted by molar-refractivity contribution is 5.26. The average molecular weight is 234 g/mol. The molecule has 94 valence electrons. The average Bonchev–Trinajstić information content (AvgIpc) is 2.64. The molecular weight excluding hydrogens is 212 g/mol. The Balaban J connectivity index is 2.23. The van der Waals surface area contributed by atoms with Crippen molar-refractivity contribution in [2.24, 2.45) is 5.73 Å². The highest BCUT2D eigenvalue weighted by Crippen LogP contribution is 2.27. The fraction of sp³-hybridized carbons (Fsp3) is 0.571. The van der Waals surface area contributed by atoms with E-state index in [1.165, 1.54) is 11.1 Å². The third-order valence-corrected chi connectivity index (χ3v) is 3.47. The van der Waals surface area contributed by atoms with Crippen LogP contribution in [0, 0.1) is 6.92 Å². The van der Waals surface area contributed by atoms with E-state index in [4.69, 9.17) is 5.73 Å². The fourth-order valence-electron chi connectivity index (χ4n) is 2.72. The summed E-state index contributed by atoms with van der Waals surface area (Å²) in [4.78, 5) is 2.30. The lowest BCUT2D eigenvalue weighted by Gasteiger charge is -2.31. The van der Waals surface area contributed by atoms with Gasteiger partial charge in [0.2, 0.25) is 0 Å². The number of β-amino-alcohol motifs (C(OH)–C–C–N with tert-alkyl or cyclic N) is 1. The summed E-state index contributed by atoms with van der Waals surface area (Å²) >= 11 is 0. The van der Waals surface area contributed by atoms with Gasteiger partial charge in [-0.25, -0.2) is 0 Å². The van der Waals surface area contributed by atoms with Crippen LogP contribution in [0.25, 0.3) is 0 Å². The summed E-state index contributed by atoms with van der Waals surface area (Å²) in [5.41, 5.74) is 8.64. The Morgan fingerprint density at radius 3 is 2.76 bits per heavy atom. The molecule has 1 aliphatic rings. The molecule has 3 N–H and O–H groups in total. The molecule has 0 radical (unpaired) electrons. The van der Waals surface area contributed by atoms with Crippen molar-refractivity contribution in [3.05, 3.63) is 35.4 Å². The first-order chi connectivity index (χ1) is 8.08. The van der Waals surface area contributed by atoms with Crippen LogP contribution in [-0.4, -0.2) is 35.2 Å². The van der Waals surface area contributed by atoms with Gasteiger partial charge in [-0.1, -0.05) is 29.8 Å². The van der Waals surface area contributed by atoms with Gasteiger partial charge in [-0.15, -0.1) is 0 Å². The van der Waals surface area contributed by atoms with Crippen LogP contribution < -0.4 is 5.73 Å². The van der Waals surface area contributed by atoms with Crippen LogP contribution in [0.2, 0.25) is 0 Å². The molecule has 0 saturated carbocycles. The molecule has 0 aromatic heterocycles. The molecule has 0 aliphatic carbocycles. The van der Waals surface area contributed by atoms with E-state index in [1.807, 2.05) is 6.92 Å². The number of aliphatic hydroxyl groups is 1. The minimum Gasteiger partial charge on any atom is -0.392 e. The second kappa shape index (κ2) is 5.17. The van der Waals surface area contributed by atoms with Gasteiger partial charge in [0.15, 0.2) is 0 Å². The predicted molar refractivity (Wildman–Crippen MR) is 69.8 cm³/mol. The molecule has 3 unspecified atom stereocenters. The summed E-state index contributed by atoms with van der Waals surface area (Å²) < 4.78 is 0. The molecular formula is C14H22N2O. The van der Waals surface area contributed by atoms with Crippen LogP contribution in [0.3, 0.4) is 0 Å². The monoisotopic (exact) mass is 234 g/mol. The zero-order valence-corrected chi connectivity index (χ0v) is 10.6. The van der Waals surface area contributed by atoms with Crippen molar-refractivity contribution in [3.8, 4) is 0 Å². The maximum absolute atomic E-state index is 9.65. The van der Waals surface area contributed by atoms with Crippen LogP contribution in [0.4, 0.5) is 0 Å². The molecule has 0 bridgehead atoms. The van der Waals surface area contributed by atoms with E-state index in [0.717, 1.165) is 19.5 Å². The lowest BCUT2D eigenvalue weighted by atomic mass is 9.98. The van der Waals surface area contributed by atoms with E-state index < -0.39 is 0 Å². The molecule has 1 fully saturated rings. The Morgan fingerprint density at radius 1 is 1.47 bits per heavy atom. The summed E-state index contributed by atoms with van der Waals surface area (Å²) in [6.45, 7) is 5.81. The van der Waals surface area contributed by atoms with Crippen molar-refractivity contribution in [2.45, 2.75) is 38.5 Å². The van der Waals surface area contributed by atoms with E-state index in [9.17, 15) is 5.11 Å². The van der Waals surface area contributed by atoms with Crippen molar-refractivity contribution in [2.75, 3.05) is 13.1 Å². The minimum absolute atomic E-state index is 0.0714. The van der Waals surface area contributed by atoms with Crippen LogP contribution in [0.5, 0.6) is 0 Å². The second-order valence-electron chi connectivity index (χ2n) is 5.16. The van der Waals surface area contributed by atoms with Gasteiger partial charge in [0.05, 0.1) is 6.10 Å². The number of hydrogen-bond acceptors (Lipinski definition) is 3. The number of aliphatic hydroxyl groups excluding tert-OH is 1. The molecule has 3 atom stereocenters. The molecule has 3 heteroatoms. The van der Waals surface area contributed by atoms with Gasteiger partial charge in [-0.2, -0.15) is 0 Å². The Bertz CT molecular complexity index is 378. The highest BCUT2D eigenvalue weighted by atomic mass is 16.3. The largest absolute Gasteiger partial charge is 0.392 e. The van der Waals surface area contributed by atoms with Gasteiger partial charge < -0.3 is 10.8 Å². The van der Waals surface area contributed by atoms with Crippen LogP contribution >= 0.6 is 0 Å². The first-order valence-corrected chi connectivity index (χ1v) is 6.32. The Kier molecular flexibility index (Phi) is 3.82. The minimum atomic E-state index is -0.193. The van der Waals surface area contributed by atoms with Crippen molar-refractivity contribution in [3.63, 3.8) is 0 Å². The Morgan fingerprint density at radius 2 is 2.24 bits per heavy atom. The first-order valence-electron chi connectivity index (χ1n) is 6.32. The van der Waals surface area contributed by atoms with Crippen LogP contribution in [0.15, 0.2) is 24.3 Å². The first kappa shape index (κ1) is 12.6. The zero-order valence-electron chi connectivity index (χ0n) is 10.6. The number of aryl methyl sites for hydroxylation is 1. The van der Waals surface area contributed by atoms with E-state index in [0.29, 0.717) is 0 Å². The summed E-state index contributed by atoms with van der Waals surface area (Å²) in [5, 5.41) is 9.65. The van der Waals surface area contributed by atoms with Crippen LogP contribution in [-0.2, 0) is 0 Å². The molecule has 3 nitrogen and oxygen atoms in total. The summed E-state index contributed by atoms with van der Waals surface area (Å²) in [5.74, 6) is 0. The third kappa shape index (κ3) is 2.86. The molecule has 1 heterocycles. The maximum Gasteiger partial charge on any atom is 0.0679 e. The number of benzene rings is 1. The summed E-state index contributed by atoms with van der Waals surface area (Å²) in [7, 11) is 0. The predicted octanol–water partition coefficient (Wildman–Crippen LogP) is 1.45. The number of rotatable bonds is 3. The lowest BCUT2D eigenvalue weighted by Crippen LogP contribution is -2.38. The number of likely N-dealkylation sites (tertiary alicyclic amines) is 1. The Labute approximate surface area is 103 Å². The van der Waals surface area contributed by atoms with Gasteiger partial charge in [-0.3, -0.25) is 4.90 Å². The number of nitrogens with zero attached hydrogens (tertiary/aromatic N) is 1. The van der Waals surface area contributed by atoms with E-state index in [2.05, 4.69) is 36.1 Å². The number of nitrogens with two attached hydrogens (primary N) is 1. The van der Waals surface area contributed by atoms with Crippen LogP contribution in [0.1, 0.15) is 30.5 Å². The van der Waals surface area contributed by atoms with Gasteiger partial charge in [0.25, 0.3) is 0 Å². The molecule has 1 aliphatic heterocycles. The van der Waals surface area contributed by atoms with Gasteiger partial charge in [-0.05, 0) is 25.8 Å². The van der Waals surface area contributed by atoms with E-state index in [-0.39, 0.29) is 18.2 Å². The SMILES string of the molecule is Cc1cccc(C(C(C)N)N2CCC(O)C2)c1. The van der Waals surface area contributed by atoms with Gasteiger partial charge >= 0.3 is 0 Å². The van der Waals surface area contributed by atoms with Gasteiger partial charge in [0, 0.05) is 25.2 Å². The van der Waals surface area contributed by atoms with Crippen molar-refractivity contribution < 1.29 is 5.11 Å². The second-order valence-corrected chi connectivity index (χ2v) is 5.16. The molecule has 0 spiro atoms. The van der Waals surface area contributed by atoms with Crippen molar-refractivity contribution in [1.29, 1.82) is 0 Å². The third-order valence-electron chi connectivity index (χ3n) is 3.47. The molecule has 17 heavy (non-hydrogen) atoms. The maximum atomic E-state index is 9.65. The Hall–Kier alpha value is -0.900. The lowest BCUT2D eigenvalue weighted by molar-refractivity contribution is 0.151. The highest BCUT2D eigenvalue weighted by Gasteiger charge is 2.30. The molecule has 1 aromatic carbocycles. The fourth-order valence-corrected chi connectivity index (χ4v) is 2.72. The van der Waals surface area contributed by atoms with E-state index in [1.54, 1.807) is 0 Å². The topological polar surface area (TPSA) is 49.5 Å². The molecule has 2 rings (SSSR count). The van der Waals surface area contributed by atoms with Gasteiger partial charge in [0.1, 0.15) is 0 Å². The summed E-state index contributed by atoms with van der Waals surface area (Å²) in [6, 6.07) is 8.78. The quantitative estimate of drug-likeness (QED) is 0.832. The molecule has 1 saturated heterocycles. The molecule has 1 aromatic rings. The molecule has 0 amide bonds. The number of hydrogen-bond donors (Lipinski definition) is 2.